The molecule has 0 aliphatic heterocycles. The molecule has 100 valence electrons. The lowest BCUT2D eigenvalue weighted by Crippen LogP contribution is -2.12. The van der Waals surface area contributed by atoms with Gasteiger partial charge in [0.05, 0.1) is 5.39 Å². The molecular weight excluding hydrogens is 252 g/mol. The Balaban J connectivity index is 2.18. The molecule has 3 heterocycles. The van der Waals surface area contributed by atoms with Gasteiger partial charge in [-0.1, -0.05) is 37.3 Å². The average Bonchev–Trinajstić information content (AvgIpc) is 2.87. The van der Waals surface area contributed by atoms with Crippen molar-refractivity contribution in [3.63, 3.8) is 0 Å². The summed E-state index contributed by atoms with van der Waals surface area (Å²) in [5.74, 6) is 0.487. The molecular formula is C14H14N6. The average molecular weight is 266 g/mol. The smallest absolute Gasteiger partial charge is 0.211 e. The van der Waals surface area contributed by atoms with Crippen LogP contribution in [-0.2, 0) is 6.54 Å². The van der Waals surface area contributed by atoms with E-state index in [1.165, 1.54) is 0 Å². The van der Waals surface area contributed by atoms with Crippen LogP contribution in [0.2, 0.25) is 0 Å². The summed E-state index contributed by atoms with van der Waals surface area (Å²) in [7, 11) is 0. The van der Waals surface area contributed by atoms with Gasteiger partial charge < -0.3 is 4.98 Å². The minimum absolute atomic E-state index is 0.487. The molecule has 0 aliphatic carbocycles. The highest BCUT2D eigenvalue weighted by Gasteiger charge is 2.15. The zero-order chi connectivity index (χ0) is 13.7. The number of hydrogen-bond donors (Lipinski definition) is 1. The second-order valence-electron chi connectivity index (χ2n) is 5.43. The molecule has 0 saturated heterocycles. The molecule has 0 aliphatic rings. The molecule has 0 fully saturated rings. The molecule has 1 aromatic carbocycles. The van der Waals surface area contributed by atoms with E-state index < -0.39 is 0 Å². The number of pyridine rings is 1. The van der Waals surface area contributed by atoms with Gasteiger partial charge in [-0.15, -0.1) is 15.3 Å². The van der Waals surface area contributed by atoms with E-state index in [9.17, 15) is 0 Å². The van der Waals surface area contributed by atoms with E-state index in [2.05, 4.69) is 39.3 Å². The van der Waals surface area contributed by atoms with Crippen LogP contribution in [0.25, 0.3) is 33.1 Å². The lowest BCUT2D eigenvalue weighted by Gasteiger charge is -2.11. The highest BCUT2D eigenvalue weighted by molar-refractivity contribution is 6.14. The minimum atomic E-state index is 0.487. The van der Waals surface area contributed by atoms with Gasteiger partial charge in [-0.05, 0) is 12.0 Å². The summed E-state index contributed by atoms with van der Waals surface area (Å²) in [5.41, 5.74) is 3.45. The minimum Gasteiger partial charge on any atom is -0.339 e. The van der Waals surface area contributed by atoms with E-state index in [4.69, 9.17) is 0 Å². The van der Waals surface area contributed by atoms with Gasteiger partial charge in [-0.3, -0.25) is 0 Å². The number of nitrogens with one attached hydrogen (secondary N) is 1. The first kappa shape index (κ1) is 11.3. The lowest BCUT2D eigenvalue weighted by molar-refractivity contribution is 0.471. The maximum Gasteiger partial charge on any atom is 0.211 e. The summed E-state index contributed by atoms with van der Waals surface area (Å²) in [4.78, 5) is 3.45. The van der Waals surface area contributed by atoms with Crippen molar-refractivity contribution in [3.05, 3.63) is 24.3 Å². The van der Waals surface area contributed by atoms with Crippen molar-refractivity contribution in [2.75, 3.05) is 0 Å². The Kier molecular flexibility index (Phi) is 2.26. The number of nitrogens with zero attached hydrogens (tertiary/aromatic N) is 5. The quantitative estimate of drug-likeness (QED) is 0.566. The first-order valence-corrected chi connectivity index (χ1v) is 6.70. The third kappa shape index (κ3) is 1.51. The normalized spacial score (nSPS) is 12.2. The molecule has 0 atom stereocenters. The number of fused-ring (bicyclic) bond motifs is 2. The molecule has 0 bridgehead atoms. The zero-order valence-electron chi connectivity index (χ0n) is 11.3. The fourth-order valence-electron chi connectivity index (χ4n) is 2.58. The fourth-order valence-corrected chi connectivity index (χ4v) is 2.58. The standard InChI is InChI=1S/C14H14N6/c1-8(2)7-20-14-11-12(16-17-13(11)18-19-20)9-5-3-4-6-10(9)15-14/h3-6,8,15H,7H2,1-2H3. The summed E-state index contributed by atoms with van der Waals surface area (Å²) in [6, 6.07) is 8.09. The highest BCUT2D eigenvalue weighted by atomic mass is 15.4. The van der Waals surface area contributed by atoms with Crippen molar-refractivity contribution in [1.82, 2.24) is 30.2 Å². The monoisotopic (exact) mass is 266 g/mol. The Morgan fingerprint density at radius 1 is 1.15 bits per heavy atom. The molecule has 0 saturated carbocycles. The molecule has 0 amide bonds. The van der Waals surface area contributed by atoms with Crippen LogP contribution in [0, 0.1) is 5.92 Å². The maximum atomic E-state index is 4.28. The van der Waals surface area contributed by atoms with E-state index in [1.54, 1.807) is 0 Å². The highest BCUT2D eigenvalue weighted by Crippen LogP contribution is 2.27. The Labute approximate surface area is 114 Å². The number of rotatable bonds is 2. The Bertz CT molecular complexity index is 917. The Morgan fingerprint density at radius 2 is 2.00 bits per heavy atom. The van der Waals surface area contributed by atoms with Gasteiger partial charge in [0, 0.05) is 17.4 Å². The van der Waals surface area contributed by atoms with Gasteiger partial charge in [0.2, 0.25) is 5.65 Å². The van der Waals surface area contributed by atoms with Gasteiger partial charge in [0.25, 0.3) is 0 Å². The molecule has 0 spiro atoms. The van der Waals surface area contributed by atoms with E-state index in [1.807, 2.05) is 28.9 Å². The zero-order valence-corrected chi connectivity index (χ0v) is 11.3. The van der Waals surface area contributed by atoms with Crippen LogP contribution >= 0.6 is 0 Å². The van der Waals surface area contributed by atoms with Gasteiger partial charge >= 0.3 is 0 Å². The number of aromatic nitrogens is 6. The fraction of sp³-hybridized carbons (Fsp3) is 0.286. The third-order valence-corrected chi connectivity index (χ3v) is 3.42. The topological polar surface area (TPSA) is 72.3 Å². The Morgan fingerprint density at radius 3 is 2.85 bits per heavy atom. The molecule has 3 aromatic heterocycles. The second kappa shape index (κ2) is 4.00. The molecule has 4 rings (SSSR count). The van der Waals surface area contributed by atoms with Crippen LogP contribution in [0.5, 0.6) is 0 Å². The van der Waals surface area contributed by atoms with Crippen LogP contribution < -0.4 is 0 Å². The van der Waals surface area contributed by atoms with Gasteiger partial charge in [-0.25, -0.2) is 4.68 Å². The summed E-state index contributed by atoms with van der Waals surface area (Å²) in [6.45, 7) is 5.12. The van der Waals surface area contributed by atoms with E-state index in [0.29, 0.717) is 11.6 Å². The number of hydrogen-bond acceptors (Lipinski definition) is 4. The van der Waals surface area contributed by atoms with Crippen molar-refractivity contribution < 1.29 is 0 Å². The predicted octanol–water partition coefficient (Wildman–Crippen LogP) is 2.51. The predicted molar refractivity (Wildman–Crippen MR) is 77.3 cm³/mol. The molecule has 4 aromatic rings. The first-order valence-electron chi connectivity index (χ1n) is 6.70. The summed E-state index contributed by atoms with van der Waals surface area (Å²) in [6.07, 6.45) is 0. The molecule has 1 N–H and O–H groups in total. The van der Waals surface area contributed by atoms with Gasteiger partial charge in [0.15, 0.2) is 0 Å². The van der Waals surface area contributed by atoms with Crippen molar-refractivity contribution in [1.29, 1.82) is 0 Å². The van der Waals surface area contributed by atoms with E-state index in [-0.39, 0.29) is 0 Å². The molecule has 6 nitrogen and oxygen atoms in total. The lowest BCUT2D eigenvalue weighted by atomic mass is 10.1. The van der Waals surface area contributed by atoms with Crippen molar-refractivity contribution >= 4 is 33.1 Å². The summed E-state index contributed by atoms with van der Waals surface area (Å²) >= 11 is 0. The SMILES string of the molecule is CC(C)Cn1nnc2nnc3c4ccccc4[nH]c1c23. The number of para-hydroxylation sites is 1. The summed E-state index contributed by atoms with van der Waals surface area (Å²) in [5, 5.41) is 18.8. The maximum absolute atomic E-state index is 4.28. The van der Waals surface area contributed by atoms with Crippen LogP contribution in [0.15, 0.2) is 24.3 Å². The summed E-state index contributed by atoms with van der Waals surface area (Å²) < 4.78 is 1.90. The third-order valence-electron chi connectivity index (χ3n) is 3.42. The van der Waals surface area contributed by atoms with Crippen molar-refractivity contribution in [2.45, 2.75) is 20.4 Å². The van der Waals surface area contributed by atoms with Crippen molar-refractivity contribution in [2.24, 2.45) is 5.92 Å². The number of H-pyrrole nitrogens is 1. The largest absolute Gasteiger partial charge is 0.339 e. The number of benzene rings is 1. The van der Waals surface area contributed by atoms with Crippen LogP contribution in [0.3, 0.4) is 0 Å². The van der Waals surface area contributed by atoms with Crippen LogP contribution in [-0.4, -0.2) is 30.2 Å². The van der Waals surface area contributed by atoms with Crippen molar-refractivity contribution in [3.8, 4) is 0 Å². The number of aromatic amines is 1. The molecule has 6 heteroatoms. The Hall–Kier alpha value is -2.50. The van der Waals surface area contributed by atoms with Crippen LogP contribution in [0.1, 0.15) is 13.8 Å². The van der Waals surface area contributed by atoms with E-state index >= 15 is 0 Å². The molecule has 0 radical (unpaired) electrons. The molecule has 0 unspecified atom stereocenters. The van der Waals surface area contributed by atoms with Crippen LogP contribution in [0.4, 0.5) is 0 Å². The first-order chi connectivity index (χ1) is 9.74. The van der Waals surface area contributed by atoms with E-state index in [0.717, 1.165) is 34.0 Å². The van der Waals surface area contributed by atoms with Gasteiger partial charge in [0.1, 0.15) is 11.2 Å². The second-order valence-corrected chi connectivity index (χ2v) is 5.43. The molecule has 20 heavy (non-hydrogen) atoms. The van der Waals surface area contributed by atoms with Gasteiger partial charge in [-0.2, -0.15) is 0 Å².